The Bertz CT molecular complexity index is 829. The number of hydrogen-bond donors (Lipinski definition) is 2. The molecule has 1 aromatic carbocycles. The van der Waals surface area contributed by atoms with Gasteiger partial charge in [-0.25, -0.2) is 5.10 Å². The maximum Gasteiger partial charge on any atom is 0.275 e. The molecule has 7 heteroatoms. The Kier molecular flexibility index (Phi) is 3.85. The van der Waals surface area contributed by atoms with Crippen LogP contribution in [0.5, 0.6) is 0 Å². The number of nitrogens with zero attached hydrogens (tertiary/aromatic N) is 2. The van der Waals surface area contributed by atoms with Crippen LogP contribution in [0, 0.1) is 5.92 Å². The lowest BCUT2D eigenvalue weighted by Gasteiger charge is -2.36. The number of benzene rings is 1. The van der Waals surface area contributed by atoms with Gasteiger partial charge in [-0.15, -0.1) is 0 Å². The van der Waals surface area contributed by atoms with E-state index in [0.717, 1.165) is 0 Å². The van der Waals surface area contributed by atoms with E-state index in [1.165, 1.54) is 0 Å². The zero-order valence-electron chi connectivity index (χ0n) is 12.8. The van der Waals surface area contributed by atoms with Gasteiger partial charge in [-0.2, -0.15) is 5.10 Å². The van der Waals surface area contributed by atoms with Crippen molar-refractivity contribution in [3.8, 4) is 0 Å². The van der Waals surface area contributed by atoms with Crippen LogP contribution in [0.2, 0.25) is 0 Å². The molecule has 1 aliphatic heterocycles. The Balaban J connectivity index is 2.01. The fourth-order valence-corrected chi connectivity index (χ4v) is 3.04. The lowest BCUT2D eigenvalue weighted by atomic mass is 9.92. The number of likely N-dealkylation sites (tertiary alicyclic amines) is 1. The van der Waals surface area contributed by atoms with Gasteiger partial charge >= 0.3 is 0 Å². The van der Waals surface area contributed by atoms with E-state index in [4.69, 9.17) is 5.73 Å². The quantitative estimate of drug-likeness (QED) is 0.848. The summed E-state index contributed by atoms with van der Waals surface area (Å²) in [6.45, 7) is 2.22. The predicted molar refractivity (Wildman–Crippen MR) is 84.8 cm³/mol. The zero-order chi connectivity index (χ0) is 16.6. The Morgan fingerprint density at radius 2 is 1.96 bits per heavy atom. The summed E-state index contributed by atoms with van der Waals surface area (Å²) in [4.78, 5) is 37.8. The summed E-state index contributed by atoms with van der Waals surface area (Å²) in [6.07, 6.45) is 1.39. The number of carbonyl (C=O) groups is 2. The fraction of sp³-hybridized carbons (Fsp3) is 0.375. The Hall–Kier alpha value is -2.70. The number of nitrogens with two attached hydrogens (primary N) is 1. The van der Waals surface area contributed by atoms with E-state index in [-0.39, 0.29) is 35.7 Å². The van der Waals surface area contributed by atoms with E-state index < -0.39 is 5.91 Å². The number of primary amides is 1. The van der Waals surface area contributed by atoms with Crippen LogP contribution in [-0.4, -0.2) is 39.5 Å². The number of aromatic amines is 1. The number of amides is 2. The Labute approximate surface area is 132 Å². The lowest BCUT2D eigenvalue weighted by Crippen LogP contribution is -2.49. The first-order chi connectivity index (χ1) is 11.0. The number of carbonyl (C=O) groups excluding carboxylic acids is 2. The summed E-state index contributed by atoms with van der Waals surface area (Å²) in [7, 11) is 0. The van der Waals surface area contributed by atoms with Gasteiger partial charge in [0.2, 0.25) is 5.91 Å². The molecular formula is C16H18N4O3. The van der Waals surface area contributed by atoms with Crippen LogP contribution in [-0.2, 0) is 4.79 Å². The molecule has 0 spiro atoms. The number of hydrogen-bond acceptors (Lipinski definition) is 4. The van der Waals surface area contributed by atoms with Crippen LogP contribution >= 0.6 is 0 Å². The molecule has 0 saturated carbocycles. The van der Waals surface area contributed by atoms with Crippen molar-refractivity contribution in [1.29, 1.82) is 0 Å². The van der Waals surface area contributed by atoms with Crippen molar-refractivity contribution >= 4 is 22.6 Å². The average Bonchev–Trinajstić information content (AvgIpc) is 2.55. The molecule has 1 saturated heterocycles. The third kappa shape index (κ3) is 2.69. The van der Waals surface area contributed by atoms with Crippen LogP contribution in [0.1, 0.15) is 30.3 Å². The molecule has 2 heterocycles. The molecule has 0 bridgehead atoms. The minimum Gasteiger partial charge on any atom is -0.369 e. The maximum atomic E-state index is 12.9. The van der Waals surface area contributed by atoms with Gasteiger partial charge in [0.05, 0.1) is 11.3 Å². The van der Waals surface area contributed by atoms with Gasteiger partial charge in [-0.3, -0.25) is 14.4 Å². The van der Waals surface area contributed by atoms with Gasteiger partial charge in [0.1, 0.15) is 0 Å². The second-order valence-electron chi connectivity index (χ2n) is 5.93. The second-order valence-corrected chi connectivity index (χ2v) is 5.93. The van der Waals surface area contributed by atoms with Crippen molar-refractivity contribution in [2.45, 2.75) is 25.8 Å². The Morgan fingerprint density at radius 1 is 1.26 bits per heavy atom. The molecule has 2 atom stereocenters. The normalized spacial score (nSPS) is 21.3. The number of aromatic nitrogens is 2. The van der Waals surface area contributed by atoms with Gasteiger partial charge < -0.3 is 10.6 Å². The molecule has 3 rings (SSSR count). The number of piperidine rings is 1. The monoisotopic (exact) mass is 314 g/mol. The molecular weight excluding hydrogens is 296 g/mol. The van der Waals surface area contributed by atoms with E-state index in [1.807, 2.05) is 6.92 Å². The van der Waals surface area contributed by atoms with Crippen molar-refractivity contribution in [2.24, 2.45) is 11.7 Å². The van der Waals surface area contributed by atoms with Gasteiger partial charge in [0.15, 0.2) is 5.69 Å². The lowest BCUT2D eigenvalue weighted by molar-refractivity contribution is -0.123. The average molecular weight is 314 g/mol. The molecule has 0 unspecified atom stereocenters. The standard InChI is InChI=1S/C16H18N4O3/c1-9-6-7-10(14(17)21)8-20(9)16(23)13-11-4-2-3-5-12(11)15(22)19-18-13/h2-5,9-10H,6-8H2,1H3,(H2,17,21)(H,19,22)/t9-,10-/m1/s1. The van der Waals surface area contributed by atoms with E-state index in [0.29, 0.717) is 23.6 Å². The number of nitrogens with one attached hydrogen (secondary N) is 1. The number of fused-ring (bicyclic) bond motifs is 1. The fourth-order valence-electron chi connectivity index (χ4n) is 3.04. The van der Waals surface area contributed by atoms with Crippen LogP contribution in [0.25, 0.3) is 10.8 Å². The van der Waals surface area contributed by atoms with Gasteiger partial charge in [-0.1, -0.05) is 18.2 Å². The van der Waals surface area contributed by atoms with E-state index in [2.05, 4.69) is 10.2 Å². The summed E-state index contributed by atoms with van der Waals surface area (Å²) in [5.74, 6) is -1.03. The first kappa shape index (κ1) is 15.2. The molecule has 23 heavy (non-hydrogen) atoms. The highest BCUT2D eigenvalue weighted by Crippen LogP contribution is 2.24. The minimum atomic E-state index is -0.394. The summed E-state index contributed by atoms with van der Waals surface area (Å²) in [5, 5.41) is 7.24. The van der Waals surface area contributed by atoms with Crippen molar-refractivity contribution < 1.29 is 9.59 Å². The van der Waals surface area contributed by atoms with Crippen molar-refractivity contribution in [3.05, 3.63) is 40.3 Å². The second kappa shape index (κ2) is 5.83. The molecule has 0 aliphatic carbocycles. The zero-order valence-corrected chi connectivity index (χ0v) is 12.8. The molecule has 2 amide bonds. The predicted octanol–water partition coefficient (Wildman–Crippen LogP) is 0.649. The van der Waals surface area contributed by atoms with E-state index in [1.54, 1.807) is 29.2 Å². The van der Waals surface area contributed by atoms with Crippen LogP contribution in [0.3, 0.4) is 0 Å². The first-order valence-electron chi connectivity index (χ1n) is 7.56. The van der Waals surface area contributed by atoms with Crippen molar-refractivity contribution in [2.75, 3.05) is 6.54 Å². The summed E-state index contributed by atoms with van der Waals surface area (Å²) < 4.78 is 0. The van der Waals surface area contributed by atoms with Crippen LogP contribution in [0.4, 0.5) is 0 Å². The van der Waals surface area contributed by atoms with Gasteiger partial charge in [0, 0.05) is 18.0 Å². The summed E-state index contributed by atoms with van der Waals surface area (Å²) in [6, 6.07) is 6.83. The highest BCUT2D eigenvalue weighted by molar-refractivity contribution is 6.05. The molecule has 1 aliphatic rings. The highest BCUT2D eigenvalue weighted by Gasteiger charge is 2.33. The van der Waals surface area contributed by atoms with Crippen molar-refractivity contribution in [3.63, 3.8) is 0 Å². The molecule has 1 aromatic heterocycles. The maximum absolute atomic E-state index is 12.9. The first-order valence-corrected chi connectivity index (χ1v) is 7.56. The van der Waals surface area contributed by atoms with Gasteiger partial charge in [-0.05, 0) is 25.8 Å². The van der Waals surface area contributed by atoms with E-state index in [9.17, 15) is 14.4 Å². The van der Waals surface area contributed by atoms with Crippen LogP contribution in [0.15, 0.2) is 29.1 Å². The molecule has 0 radical (unpaired) electrons. The molecule has 3 N–H and O–H groups in total. The third-order valence-electron chi connectivity index (χ3n) is 4.44. The van der Waals surface area contributed by atoms with E-state index >= 15 is 0 Å². The summed E-state index contributed by atoms with van der Waals surface area (Å²) in [5.41, 5.74) is 5.24. The molecule has 120 valence electrons. The number of rotatable bonds is 2. The SMILES string of the molecule is C[C@@H]1CC[C@@H](C(N)=O)CN1C(=O)c1n[nH]c(=O)c2ccccc12. The highest BCUT2D eigenvalue weighted by atomic mass is 16.2. The van der Waals surface area contributed by atoms with Crippen LogP contribution < -0.4 is 11.3 Å². The number of H-pyrrole nitrogens is 1. The molecule has 7 nitrogen and oxygen atoms in total. The molecule has 1 fully saturated rings. The topological polar surface area (TPSA) is 109 Å². The van der Waals surface area contributed by atoms with Crippen molar-refractivity contribution in [1.82, 2.24) is 15.1 Å². The van der Waals surface area contributed by atoms with Gasteiger partial charge in [0.25, 0.3) is 11.5 Å². The molecule has 2 aromatic rings. The largest absolute Gasteiger partial charge is 0.369 e. The summed E-state index contributed by atoms with van der Waals surface area (Å²) >= 11 is 0. The smallest absolute Gasteiger partial charge is 0.275 e. The Morgan fingerprint density at radius 3 is 2.65 bits per heavy atom. The third-order valence-corrected chi connectivity index (χ3v) is 4.44. The minimum absolute atomic E-state index is 0.00871.